The maximum Gasteiger partial charge on any atom is 0.251 e. The topological polar surface area (TPSA) is 65.5 Å². The van der Waals surface area contributed by atoms with Crippen LogP contribution >= 0.6 is 0 Å². The molecule has 1 amide bonds. The Labute approximate surface area is 152 Å². The Morgan fingerprint density at radius 1 is 1.08 bits per heavy atom. The van der Waals surface area contributed by atoms with Crippen molar-refractivity contribution in [2.45, 2.75) is 65.5 Å². The number of benzene rings is 1. The predicted octanol–water partition coefficient (Wildman–Crippen LogP) is 3.46. The summed E-state index contributed by atoms with van der Waals surface area (Å²) in [6.45, 7) is 7.91. The molecular weight excluding hydrogens is 312 g/mol. The minimum absolute atomic E-state index is 0.0154. The van der Waals surface area contributed by atoms with Gasteiger partial charge in [-0.2, -0.15) is 0 Å². The van der Waals surface area contributed by atoms with Crippen LogP contribution in [0.25, 0.3) is 0 Å². The van der Waals surface area contributed by atoms with Gasteiger partial charge in [-0.1, -0.05) is 45.2 Å². The van der Waals surface area contributed by atoms with Gasteiger partial charge in [0.25, 0.3) is 5.91 Å². The summed E-state index contributed by atoms with van der Waals surface area (Å²) < 4.78 is 0. The van der Waals surface area contributed by atoms with E-state index in [1.54, 1.807) is 7.05 Å². The van der Waals surface area contributed by atoms with E-state index in [-0.39, 0.29) is 11.9 Å². The van der Waals surface area contributed by atoms with Crippen LogP contribution in [-0.4, -0.2) is 31.5 Å². The first-order valence-electron chi connectivity index (χ1n) is 9.45. The molecule has 0 saturated heterocycles. The van der Waals surface area contributed by atoms with Crippen molar-refractivity contribution in [3.63, 3.8) is 0 Å². The summed E-state index contributed by atoms with van der Waals surface area (Å²) in [4.78, 5) is 16.3. The molecule has 0 heterocycles. The summed E-state index contributed by atoms with van der Waals surface area (Å²) in [7, 11) is 1.78. The van der Waals surface area contributed by atoms with Crippen LogP contribution in [0.3, 0.4) is 0 Å². The molecule has 0 aromatic heterocycles. The lowest BCUT2D eigenvalue weighted by Crippen LogP contribution is -2.37. The Morgan fingerprint density at radius 3 is 2.40 bits per heavy atom. The number of hydrogen-bond donors (Lipinski definition) is 3. The smallest absolute Gasteiger partial charge is 0.251 e. The number of amides is 1. The normalized spacial score (nSPS) is 12.6. The molecule has 0 aliphatic heterocycles. The van der Waals surface area contributed by atoms with Gasteiger partial charge < -0.3 is 16.0 Å². The molecule has 140 valence electrons. The second kappa shape index (κ2) is 12.3. The van der Waals surface area contributed by atoms with Gasteiger partial charge in [0.2, 0.25) is 0 Å². The van der Waals surface area contributed by atoms with Gasteiger partial charge in [0.15, 0.2) is 5.96 Å². The lowest BCUT2D eigenvalue weighted by Gasteiger charge is -2.13. The maximum absolute atomic E-state index is 12.1. The average molecular weight is 347 g/mol. The van der Waals surface area contributed by atoms with E-state index in [4.69, 9.17) is 0 Å². The third-order valence-electron chi connectivity index (χ3n) is 4.21. The largest absolute Gasteiger partial charge is 0.356 e. The van der Waals surface area contributed by atoms with E-state index in [1.165, 1.54) is 19.3 Å². The van der Waals surface area contributed by atoms with E-state index < -0.39 is 0 Å². The number of rotatable bonds is 10. The van der Waals surface area contributed by atoms with Crippen molar-refractivity contribution in [3.8, 4) is 0 Å². The van der Waals surface area contributed by atoms with Gasteiger partial charge in [0.1, 0.15) is 0 Å². The SMILES string of the molecule is CCCCCCNC(=NC)NCc1ccc(C(=O)NC(C)CC)cc1. The van der Waals surface area contributed by atoms with Crippen molar-refractivity contribution in [2.24, 2.45) is 4.99 Å². The Kier molecular flexibility index (Phi) is 10.4. The molecule has 0 spiro atoms. The molecule has 25 heavy (non-hydrogen) atoms. The first kappa shape index (κ1) is 21.0. The summed E-state index contributed by atoms with van der Waals surface area (Å²) in [5.74, 6) is 0.800. The van der Waals surface area contributed by atoms with Crippen molar-refractivity contribution in [2.75, 3.05) is 13.6 Å². The van der Waals surface area contributed by atoms with Gasteiger partial charge in [0.05, 0.1) is 0 Å². The third-order valence-corrected chi connectivity index (χ3v) is 4.21. The number of nitrogens with one attached hydrogen (secondary N) is 3. The molecule has 1 aromatic rings. The molecule has 1 unspecified atom stereocenters. The molecule has 5 nitrogen and oxygen atoms in total. The summed E-state index contributed by atoms with van der Waals surface area (Å²) in [6, 6.07) is 7.89. The summed E-state index contributed by atoms with van der Waals surface area (Å²) >= 11 is 0. The molecule has 5 heteroatoms. The van der Waals surface area contributed by atoms with Crippen molar-refractivity contribution in [1.29, 1.82) is 0 Å². The van der Waals surface area contributed by atoms with E-state index in [0.717, 1.165) is 30.9 Å². The van der Waals surface area contributed by atoms with Crippen molar-refractivity contribution in [1.82, 2.24) is 16.0 Å². The number of hydrogen-bond acceptors (Lipinski definition) is 2. The van der Waals surface area contributed by atoms with E-state index >= 15 is 0 Å². The average Bonchev–Trinajstić information content (AvgIpc) is 2.64. The van der Waals surface area contributed by atoms with Crippen LogP contribution in [-0.2, 0) is 6.54 Å². The lowest BCUT2D eigenvalue weighted by atomic mass is 10.1. The molecule has 1 atom stereocenters. The van der Waals surface area contributed by atoms with E-state index in [0.29, 0.717) is 12.1 Å². The zero-order valence-electron chi connectivity index (χ0n) is 16.2. The van der Waals surface area contributed by atoms with Gasteiger partial charge in [-0.05, 0) is 37.5 Å². The highest BCUT2D eigenvalue weighted by Gasteiger charge is 2.08. The van der Waals surface area contributed by atoms with Crippen molar-refractivity contribution >= 4 is 11.9 Å². The number of nitrogens with zero attached hydrogens (tertiary/aromatic N) is 1. The second-order valence-corrected chi connectivity index (χ2v) is 6.39. The second-order valence-electron chi connectivity index (χ2n) is 6.39. The number of carbonyl (C=O) groups is 1. The van der Waals surface area contributed by atoms with Crippen LogP contribution in [0.5, 0.6) is 0 Å². The Hall–Kier alpha value is -2.04. The monoisotopic (exact) mass is 346 g/mol. The number of carbonyl (C=O) groups excluding carboxylic acids is 1. The highest BCUT2D eigenvalue weighted by molar-refractivity contribution is 5.94. The third kappa shape index (κ3) is 8.57. The molecule has 0 bridgehead atoms. The molecular formula is C20H34N4O. The van der Waals surface area contributed by atoms with Crippen LogP contribution < -0.4 is 16.0 Å². The standard InChI is InChI=1S/C20H34N4O/c1-5-7-8-9-14-22-20(21-4)23-15-17-10-12-18(13-11-17)19(25)24-16(3)6-2/h10-13,16H,5-9,14-15H2,1-4H3,(H,24,25)(H2,21,22,23). The fourth-order valence-electron chi connectivity index (χ4n) is 2.35. The summed E-state index contributed by atoms with van der Waals surface area (Å²) in [6.07, 6.45) is 5.87. The first-order valence-corrected chi connectivity index (χ1v) is 9.45. The van der Waals surface area contributed by atoms with Crippen LogP contribution in [0.2, 0.25) is 0 Å². The minimum Gasteiger partial charge on any atom is -0.356 e. The number of guanidine groups is 1. The zero-order valence-corrected chi connectivity index (χ0v) is 16.2. The summed E-state index contributed by atoms with van der Waals surface area (Å²) in [5.41, 5.74) is 1.82. The van der Waals surface area contributed by atoms with Crippen molar-refractivity contribution < 1.29 is 4.79 Å². The zero-order chi connectivity index (χ0) is 18.5. The minimum atomic E-state index is -0.0154. The van der Waals surface area contributed by atoms with E-state index in [9.17, 15) is 4.79 Å². The maximum atomic E-state index is 12.1. The molecule has 1 rings (SSSR count). The summed E-state index contributed by atoms with van der Waals surface area (Å²) in [5, 5.41) is 9.61. The number of unbranched alkanes of at least 4 members (excludes halogenated alkanes) is 3. The van der Waals surface area contributed by atoms with Gasteiger partial charge in [-0.15, -0.1) is 0 Å². The predicted molar refractivity (Wildman–Crippen MR) is 106 cm³/mol. The van der Waals surface area contributed by atoms with Crippen LogP contribution in [0.4, 0.5) is 0 Å². The highest BCUT2D eigenvalue weighted by Crippen LogP contribution is 2.05. The van der Waals surface area contributed by atoms with Gasteiger partial charge in [0, 0.05) is 31.7 Å². The van der Waals surface area contributed by atoms with E-state index in [1.807, 2.05) is 31.2 Å². The molecule has 1 aromatic carbocycles. The van der Waals surface area contributed by atoms with E-state index in [2.05, 4.69) is 34.8 Å². The van der Waals surface area contributed by atoms with Crippen molar-refractivity contribution in [3.05, 3.63) is 35.4 Å². The van der Waals surface area contributed by atoms with Crippen LogP contribution in [0.15, 0.2) is 29.3 Å². The lowest BCUT2D eigenvalue weighted by molar-refractivity contribution is 0.0939. The Morgan fingerprint density at radius 2 is 1.80 bits per heavy atom. The van der Waals surface area contributed by atoms with Crippen LogP contribution in [0, 0.1) is 0 Å². The Balaban J connectivity index is 2.40. The molecule has 0 radical (unpaired) electrons. The molecule has 0 fully saturated rings. The molecule has 0 aliphatic carbocycles. The van der Waals surface area contributed by atoms with Gasteiger partial charge >= 0.3 is 0 Å². The number of aliphatic imine (C=N–C) groups is 1. The fourth-order valence-corrected chi connectivity index (χ4v) is 2.35. The highest BCUT2D eigenvalue weighted by atomic mass is 16.1. The molecule has 3 N–H and O–H groups in total. The first-order chi connectivity index (χ1) is 12.1. The van der Waals surface area contributed by atoms with Gasteiger partial charge in [-0.3, -0.25) is 9.79 Å². The quantitative estimate of drug-likeness (QED) is 0.345. The Bertz CT molecular complexity index is 525. The van der Waals surface area contributed by atoms with Crippen LogP contribution in [0.1, 0.15) is 68.8 Å². The molecule has 0 saturated carbocycles. The van der Waals surface area contributed by atoms with Gasteiger partial charge in [-0.25, -0.2) is 0 Å². The fraction of sp³-hybridized carbons (Fsp3) is 0.600. The molecule has 0 aliphatic rings.